The first kappa shape index (κ1) is 12.7. The summed E-state index contributed by atoms with van der Waals surface area (Å²) in [6.07, 6.45) is 3.79. The Morgan fingerprint density at radius 1 is 1.47 bits per heavy atom. The van der Waals surface area contributed by atoms with Gasteiger partial charge < -0.3 is 14.8 Å². The summed E-state index contributed by atoms with van der Waals surface area (Å²) in [5, 5.41) is 2.84. The van der Waals surface area contributed by atoms with Gasteiger partial charge in [-0.05, 0) is 12.8 Å². The van der Waals surface area contributed by atoms with Crippen molar-refractivity contribution < 1.29 is 14.3 Å². The third kappa shape index (κ3) is 2.83. The highest BCUT2D eigenvalue weighted by atomic mass is 35.5. The molecule has 0 radical (unpaired) electrons. The monoisotopic (exact) mass is 235 g/mol. The fourth-order valence-corrected chi connectivity index (χ4v) is 2.18. The second-order valence-electron chi connectivity index (χ2n) is 3.72. The van der Waals surface area contributed by atoms with Crippen LogP contribution in [0.4, 0.5) is 0 Å². The van der Waals surface area contributed by atoms with Crippen LogP contribution in [0.2, 0.25) is 0 Å². The van der Waals surface area contributed by atoms with Gasteiger partial charge in [-0.2, -0.15) is 0 Å². The smallest absolute Gasteiger partial charge is 0.235 e. The van der Waals surface area contributed by atoms with Gasteiger partial charge in [0.25, 0.3) is 0 Å². The molecule has 0 spiro atoms. The molecular formula is C10H18ClNO3. The molecule has 0 heterocycles. The van der Waals surface area contributed by atoms with Crippen LogP contribution in [0.25, 0.3) is 0 Å². The van der Waals surface area contributed by atoms with Gasteiger partial charge in [-0.3, -0.25) is 4.79 Å². The van der Waals surface area contributed by atoms with Crippen LogP contribution in [0.5, 0.6) is 0 Å². The molecule has 0 saturated heterocycles. The van der Waals surface area contributed by atoms with E-state index in [1.54, 1.807) is 14.2 Å². The lowest BCUT2D eigenvalue weighted by Crippen LogP contribution is -2.57. The zero-order valence-electron chi connectivity index (χ0n) is 9.22. The Morgan fingerprint density at radius 3 is 2.67 bits per heavy atom. The average Bonchev–Trinajstić information content (AvgIpc) is 2.30. The van der Waals surface area contributed by atoms with Gasteiger partial charge in [0.1, 0.15) is 5.88 Å². The van der Waals surface area contributed by atoms with E-state index in [1.807, 2.05) is 0 Å². The molecule has 0 aromatic rings. The van der Waals surface area contributed by atoms with E-state index in [1.165, 1.54) is 0 Å². The number of rotatable bonds is 4. The minimum atomic E-state index is -0.681. The Labute approximate surface area is 95.3 Å². The summed E-state index contributed by atoms with van der Waals surface area (Å²) in [6, 6.07) is -0.104. The summed E-state index contributed by atoms with van der Waals surface area (Å²) in [7, 11) is 3.21. The van der Waals surface area contributed by atoms with E-state index in [0.29, 0.717) is 0 Å². The zero-order valence-corrected chi connectivity index (χ0v) is 9.97. The molecule has 0 bridgehead atoms. The van der Waals surface area contributed by atoms with Gasteiger partial charge in [0, 0.05) is 20.6 Å². The Hall–Kier alpha value is -0.320. The van der Waals surface area contributed by atoms with E-state index in [0.717, 1.165) is 25.7 Å². The fraction of sp³-hybridized carbons (Fsp3) is 0.900. The highest BCUT2D eigenvalue weighted by molar-refractivity contribution is 6.27. The Balaban J connectivity index is 2.68. The van der Waals surface area contributed by atoms with E-state index >= 15 is 0 Å². The van der Waals surface area contributed by atoms with E-state index < -0.39 is 5.79 Å². The van der Waals surface area contributed by atoms with Crippen molar-refractivity contribution in [2.24, 2.45) is 0 Å². The summed E-state index contributed by atoms with van der Waals surface area (Å²) in [5.41, 5.74) is 0. The summed E-state index contributed by atoms with van der Waals surface area (Å²) in [4.78, 5) is 11.2. The maximum atomic E-state index is 11.2. The summed E-state index contributed by atoms with van der Waals surface area (Å²) < 4.78 is 10.8. The minimum Gasteiger partial charge on any atom is -0.351 e. The maximum absolute atomic E-state index is 11.2. The van der Waals surface area contributed by atoms with Gasteiger partial charge in [-0.15, -0.1) is 11.6 Å². The molecule has 1 atom stereocenters. The molecule has 1 fully saturated rings. The molecule has 1 N–H and O–H groups in total. The van der Waals surface area contributed by atoms with Gasteiger partial charge >= 0.3 is 0 Å². The molecule has 0 aromatic carbocycles. The molecule has 15 heavy (non-hydrogen) atoms. The fourth-order valence-electron chi connectivity index (χ4n) is 2.10. The van der Waals surface area contributed by atoms with Crippen molar-refractivity contribution in [3.8, 4) is 0 Å². The predicted octanol–water partition coefficient (Wildman–Crippen LogP) is 1.27. The first-order valence-corrected chi connectivity index (χ1v) is 5.67. The maximum Gasteiger partial charge on any atom is 0.235 e. The van der Waals surface area contributed by atoms with E-state index in [9.17, 15) is 4.79 Å². The summed E-state index contributed by atoms with van der Waals surface area (Å²) >= 11 is 5.46. The first-order valence-electron chi connectivity index (χ1n) is 5.14. The van der Waals surface area contributed by atoms with Crippen molar-refractivity contribution in [2.75, 3.05) is 20.1 Å². The quantitative estimate of drug-likeness (QED) is 0.590. The van der Waals surface area contributed by atoms with Crippen LogP contribution in [0.3, 0.4) is 0 Å². The van der Waals surface area contributed by atoms with Crippen LogP contribution in [-0.2, 0) is 14.3 Å². The predicted molar refractivity (Wildman–Crippen MR) is 57.9 cm³/mol. The van der Waals surface area contributed by atoms with Crippen molar-refractivity contribution in [3.63, 3.8) is 0 Å². The van der Waals surface area contributed by atoms with Crippen LogP contribution in [0.15, 0.2) is 0 Å². The standard InChI is InChI=1S/C10H18ClNO3/c1-14-10(15-2)6-4-3-5-8(10)12-9(13)7-11/h8H,3-7H2,1-2H3,(H,12,13). The number of ether oxygens (including phenoxy) is 2. The number of alkyl halides is 1. The topological polar surface area (TPSA) is 47.6 Å². The highest BCUT2D eigenvalue weighted by Crippen LogP contribution is 2.32. The lowest BCUT2D eigenvalue weighted by molar-refractivity contribution is -0.238. The third-order valence-electron chi connectivity index (χ3n) is 2.95. The van der Waals surface area contributed by atoms with Crippen LogP contribution in [0.1, 0.15) is 25.7 Å². The number of hydrogen-bond acceptors (Lipinski definition) is 3. The second kappa shape index (κ2) is 5.68. The molecule has 5 heteroatoms. The summed E-state index contributed by atoms with van der Waals surface area (Å²) in [5.74, 6) is -0.887. The lowest BCUT2D eigenvalue weighted by Gasteiger charge is -2.41. The number of methoxy groups -OCH3 is 2. The van der Waals surface area contributed by atoms with Gasteiger partial charge in [0.05, 0.1) is 6.04 Å². The molecule has 1 unspecified atom stereocenters. The molecule has 0 aliphatic heterocycles. The van der Waals surface area contributed by atoms with Crippen molar-refractivity contribution in [1.82, 2.24) is 5.32 Å². The van der Waals surface area contributed by atoms with E-state index in [-0.39, 0.29) is 17.8 Å². The third-order valence-corrected chi connectivity index (χ3v) is 3.19. The van der Waals surface area contributed by atoms with Crippen LogP contribution >= 0.6 is 11.6 Å². The second-order valence-corrected chi connectivity index (χ2v) is 3.99. The molecular weight excluding hydrogens is 218 g/mol. The number of amides is 1. The number of nitrogens with one attached hydrogen (secondary N) is 1. The van der Waals surface area contributed by atoms with Crippen molar-refractivity contribution >= 4 is 17.5 Å². The number of halogens is 1. The van der Waals surface area contributed by atoms with Crippen LogP contribution in [0, 0.1) is 0 Å². The number of carbonyl (C=O) groups excluding carboxylic acids is 1. The molecule has 4 nitrogen and oxygen atoms in total. The number of carbonyl (C=O) groups is 1. The van der Waals surface area contributed by atoms with Crippen molar-refractivity contribution in [2.45, 2.75) is 37.5 Å². The Morgan fingerprint density at radius 2 is 2.13 bits per heavy atom. The van der Waals surface area contributed by atoms with E-state index in [2.05, 4.69) is 5.32 Å². The highest BCUT2D eigenvalue weighted by Gasteiger charge is 2.42. The molecule has 88 valence electrons. The van der Waals surface area contributed by atoms with Crippen LogP contribution in [-0.4, -0.2) is 37.8 Å². The normalized spacial score (nSPS) is 24.9. The van der Waals surface area contributed by atoms with Gasteiger partial charge in [-0.25, -0.2) is 0 Å². The lowest BCUT2D eigenvalue weighted by atomic mass is 9.88. The largest absolute Gasteiger partial charge is 0.351 e. The average molecular weight is 236 g/mol. The Bertz CT molecular complexity index is 219. The molecule has 0 aromatic heterocycles. The van der Waals surface area contributed by atoms with Gasteiger partial charge in [0.15, 0.2) is 5.79 Å². The van der Waals surface area contributed by atoms with Gasteiger partial charge in [0.2, 0.25) is 5.91 Å². The molecule has 1 aliphatic carbocycles. The molecule has 1 aliphatic rings. The minimum absolute atomic E-state index is 0.0278. The number of hydrogen-bond donors (Lipinski definition) is 1. The molecule has 1 rings (SSSR count). The van der Waals surface area contributed by atoms with E-state index in [4.69, 9.17) is 21.1 Å². The SMILES string of the molecule is COC1(OC)CCCCC1NC(=O)CCl. The molecule has 1 saturated carbocycles. The van der Waals surface area contributed by atoms with Crippen molar-refractivity contribution in [1.29, 1.82) is 0 Å². The van der Waals surface area contributed by atoms with Crippen LogP contribution < -0.4 is 5.32 Å². The zero-order chi connectivity index (χ0) is 11.3. The summed E-state index contributed by atoms with van der Waals surface area (Å²) in [6.45, 7) is 0. The van der Waals surface area contributed by atoms with Crippen molar-refractivity contribution in [3.05, 3.63) is 0 Å². The first-order chi connectivity index (χ1) is 7.18. The molecule has 1 amide bonds. The van der Waals surface area contributed by atoms with Gasteiger partial charge in [-0.1, -0.05) is 6.42 Å². The Kier molecular flexibility index (Phi) is 4.83.